The maximum absolute atomic E-state index is 13.6. The average molecular weight is 399 g/mol. The van der Waals surface area contributed by atoms with Crippen LogP contribution >= 0.6 is 0 Å². The number of nitrogens with one attached hydrogen (secondary N) is 1. The quantitative estimate of drug-likeness (QED) is 0.681. The molecule has 0 bridgehead atoms. The highest BCUT2D eigenvalue weighted by Crippen LogP contribution is 2.44. The van der Waals surface area contributed by atoms with E-state index >= 15 is 0 Å². The number of hydrogen-bond donors (Lipinski definition) is 1. The normalized spacial score (nSPS) is 33.0. The fraction of sp³-hybridized carbons (Fsp3) is 0.273. The van der Waals surface area contributed by atoms with Gasteiger partial charge in [-0.25, -0.2) is 0 Å². The Morgan fingerprint density at radius 1 is 1.21 bits per heavy atom. The lowest BCUT2D eigenvalue weighted by Crippen LogP contribution is -2.62. The highest BCUT2D eigenvalue weighted by atomic mass is 16.7. The third kappa shape index (κ3) is 2.24. The number of piperazine rings is 1. The van der Waals surface area contributed by atoms with Gasteiger partial charge in [-0.05, 0) is 29.3 Å². The van der Waals surface area contributed by atoms with Gasteiger partial charge in [0.05, 0.1) is 20.8 Å². The number of fused-ring (bicyclic) bond motifs is 5. The van der Waals surface area contributed by atoms with Crippen molar-refractivity contribution >= 4 is 22.7 Å². The second kappa shape index (κ2) is 5.76. The molecule has 29 heavy (non-hydrogen) atoms. The van der Waals surface area contributed by atoms with Crippen LogP contribution in [-0.4, -0.2) is 52.9 Å². The SMILES string of the molecule is [2H]c1c([2H])c([2H])c2c3c([nH]c2c1[2H])C(c1ccc2c(c1)OC([2H])([2H])O2)N1C(=O)C([2H])([2H])N(C)C(=O)[C@H]1C3([2H])[2H]. The Balaban J connectivity index is 1.71. The Morgan fingerprint density at radius 3 is 2.93 bits per heavy atom. The number of likely N-dealkylation sites (N-methyl/N-ethyl adjacent to an activating group) is 1. The summed E-state index contributed by atoms with van der Waals surface area (Å²) in [5.74, 6) is -2.28. The Bertz CT molecular complexity index is 1640. The first-order chi connectivity index (χ1) is 18.0. The zero-order chi connectivity index (χ0) is 28.6. The molecule has 3 aromatic rings. The van der Waals surface area contributed by atoms with Crippen LogP contribution < -0.4 is 9.47 Å². The summed E-state index contributed by atoms with van der Waals surface area (Å²) in [5.41, 5.74) is -0.324. The van der Waals surface area contributed by atoms with Gasteiger partial charge in [0.25, 0.3) is 0 Å². The molecule has 1 N–H and O–H groups in total. The molecular weight excluding hydrogens is 370 g/mol. The predicted octanol–water partition coefficient (Wildman–Crippen LogP) is 2.21. The minimum Gasteiger partial charge on any atom is -0.454 e. The van der Waals surface area contributed by atoms with Crippen molar-refractivity contribution < 1.29 is 32.8 Å². The van der Waals surface area contributed by atoms with E-state index in [0.717, 1.165) is 11.9 Å². The van der Waals surface area contributed by atoms with Gasteiger partial charge >= 0.3 is 0 Å². The van der Waals surface area contributed by atoms with Gasteiger partial charge in [-0.1, -0.05) is 24.2 Å². The number of carbonyl (C=O) groups is 2. The van der Waals surface area contributed by atoms with Gasteiger partial charge in [-0.2, -0.15) is 0 Å². The van der Waals surface area contributed by atoms with Crippen molar-refractivity contribution in [1.29, 1.82) is 0 Å². The summed E-state index contributed by atoms with van der Waals surface area (Å²) in [6, 6.07) is -1.42. The van der Waals surface area contributed by atoms with Gasteiger partial charge in [-0.3, -0.25) is 9.59 Å². The number of hydrogen-bond acceptors (Lipinski definition) is 4. The maximum atomic E-state index is 13.6. The molecule has 0 aliphatic carbocycles. The van der Waals surface area contributed by atoms with Crippen molar-refractivity contribution in [3.05, 3.63) is 59.2 Å². The minimum atomic E-state index is -2.84. The fourth-order valence-electron chi connectivity index (χ4n) is 3.93. The lowest BCUT2D eigenvalue weighted by Gasteiger charge is -2.46. The van der Waals surface area contributed by atoms with Crippen LogP contribution in [0.1, 0.15) is 36.6 Å². The number of rotatable bonds is 1. The molecule has 6 rings (SSSR count). The maximum Gasteiger partial charge on any atom is 0.245 e. The number of para-hydroxylation sites is 1. The lowest BCUT2D eigenvalue weighted by molar-refractivity contribution is -0.157. The molecular formula is C22H19N3O4. The van der Waals surface area contributed by atoms with E-state index in [1.807, 2.05) is 0 Å². The number of carbonyl (C=O) groups excluding carboxylic acids is 2. The molecule has 2 amide bonds. The highest BCUT2D eigenvalue weighted by Gasteiger charge is 2.47. The molecule has 1 saturated heterocycles. The predicted molar refractivity (Wildman–Crippen MR) is 105 cm³/mol. The second-order valence-electron chi connectivity index (χ2n) is 6.83. The third-order valence-corrected chi connectivity index (χ3v) is 5.23. The molecule has 1 unspecified atom stereocenters. The van der Waals surface area contributed by atoms with Crippen LogP contribution in [0.4, 0.5) is 0 Å². The van der Waals surface area contributed by atoms with Gasteiger partial charge in [0.1, 0.15) is 8.78 Å². The first kappa shape index (κ1) is 9.35. The monoisotopic (exact) mass is 399 g/mol. The Hall–Kier alpha value is -3.48. The molecule has 146 valence electrons. The van der Waals surface area contributed by atoms with Crippen LogP contribution in [0.25, 0.3) is 10.9 Å². The average Bonchev–Trinajstić information content (AvgIpc) is 3.40. The summed E-state index contributed by atoms with van der Waals surface area (Å²) in [6.07, 6.45) is -2.71. The molecule has 2 aromatic carbocycles. The zero-order valence-electron chi connectivity index (χ0n) is 24.9. The van der Waals surface area contributed by atoms with Gasteiger partial charge in [-0.15, -0.1) is 0 Å². The topological polar surface area (TPSA) is 74.9 Å². The van der Waals surface area contributed by atoms with Gasteiger partial charge in [0.2, 0.25) is 18.6 Å². The molecule has 7 nitrogen and oxygen atoms in total. The third-order valence-electron chi connectivity index (χ3n) is 5.23. The smallest absolute Gasteiger partial charge is 0.245 e. The van der Waals surface area contributed by atoms with E-state index in [9.17, 15) is 9.59 Å². The molecule has 0 radical (unpaired) electrons. The van der Waals surface area contributed by atoms with Gasteiger partial charge < -0.3 is 24.3 Å². The van der Waals surface area contributed by atoms with Crippen LogP contribution in [-0.2, 0) is 16.0 Å². The lowest BCUT2D eigenvalue weighted by atomic mass is 9.86. The standard InChI is InChI=1S/C22H19N3O4/c1-24-10-19(26)25-16(22(24)27)9-14-13-4-2-3-5-15(13)23-20(14)21(25)12-6-7-17-18(8-12)29-11-28-17/h2-8,16,21,23H,9-11H2,1H3/t16-,21?/m1/s1/i2D,3D,4D,5D,9D2,10D2,11D2. The molecule has 3 aliphatic rings. The number of nitrogens with zero attached hydrogens (tertiary/aromatic N) is 2. The van der Waals surface area contributed by atoms with Crippen LogP contribution in [0.15, 0.2) is 42.4 Å². The van der Waals surface area contributed by atoms with E-state index in [0.29, 0.717) is 4.90 Å². The van der Waals surface area contributed by atoms with E-state index in [1.165, 1.54) is 18.2 Å². The Morgan fingerprint density at radius 2 is 2.03 bits per heavy atom. The number of aromatic amines is 1. The van der Waals surface area contributed by atoms with Crippen LogP contribution in [0, 0.1) is 0 Å². The highest BCUT2D eigenvalue weighted by molar-refractivity contribution is 5.97. The van der Waals surface area contributed by atoms with E-state index in [2.05, 4.69) is 4.98 Å². The number of amides is 2. The van der Waals surface area contributed by atoms with Gasteiger partial charge in [0, 0.05) is 32.8 Å². The largest absolute Gasteiger partial charge is 0.454 e. The summed E-state index contributed by atoms with van der Waals surface area (Å²) in [5, 5.41) is -0.195. The molecule has 4 heterocycles. The van der Waals surface area contributed by atoms with Crippen LogP contribution in [0.5, 0.6) is 11.5 Å². The Kier molecular flexibility index (Phi) is 1.86. The second-order valence-corrected chi connectivity index (χ2v) is 6.83. The summed E-state index contributed by atoms with van der Waals surface area (Å²) in [7, 11) is 1.04. The first-order valence-corrected chi connectivity index (χ1v) is 8.75. The minimum absolute atomic E-state index is 0.0407. The molecule has 2 atom stereocenters. The molecule has 3 aliphatic heterocycles. The first-order valence-electron chi connectivity index (χ1n) is 13.8. The van der Waals surface area contributed by atoms with Crippen molar-refractivity contribution in [2.24, 2.45) is 0 Å². The van der Waals surface area contributed by atoms with Crippen molar-refractivity contribution in [2.75, 3.05) is 20.3 Å². The van der Waals surface area contributed by atoms with E-state index < -0.39 is 67.7 Å². The number of ether oxygens (including phenoxy) is 2. The van der Waals surface area contributed by atoms with Crippen LogP contribution in [0.2, 0.25) is 0 Å². The zero-order valence-corrected chi connectivity index (χ0v) is 14.9. The summed E-state index contributed by atoms with van der Waals surface area (Å²) in [6.45, 7) is -5.32. The summed E-state index contributed by atoms with van der Waals surface area (Å²) in [4.78, 5) is 31.3. The number of aromatic nitrogens is 1. The summed E-state index contributed by atoms with van der Waals surface area (Å²) >= 11 is 0. The van der Waals surface area contributed by atoms with E-state index in [4.69, 9.17) is 23.2 Å². The van der Waals surface area contributed by atoms with Crippen molar-refractivity contribution in [2.45, 2.75) is 18.5 Å². The molecule has 1 fully saturated rings. The van der Waals surface area contributed by atoms with Crippen molar-refractivity contribution in [3.63, 3.8) is 0 Å². The molecule has 0 saturated carbocycles. The molecule has 7 heteroatoms. The van der Waals surface area contributed by atoms with E-state index in [1.54, 1.807) is 0 Å². The number of benzene rings is 2. The molecule has 0 spiro atoms. The molecule has 1 aromatic heterocycles. The van der Waals surface area contributed by atoms with Crippen LogP contribution in [0.3, 0.4) is 0 Å². The van der Waals surface area contributed by atoms with Crippen molar-refractivity contribution in [1.82, 2.24) is 14.8 Å². The van der Waals surface area contributed by atoms with Crippen molar-refractivity contribution in [3.8, 4) is 11.5 Å². The summed E-state index contributed by atoms with van der Waals surface area (Å²) < 4.78 is 93.5. The van der Waals surface area contributed by atoms with E-state index in [-0.39, 0.29) is 39.2 Å². The van der Waals surface area contributed by atoms with Gasteiger partial charge in [0.15, 0.2) is 11.5 Å². The number of H-pyrrole nitrogens is 1. The fourth-order valence-corrected chi connectivity index (χ4v) is 3.93. The Labute approximate surface area is 180 Å².